The Bertz CT molecular complexity index is 1760. The van der Waals surface area contributed by atoms with Gasteiger partial charge in [0, 0.05) is 16.7 Å². The van der Waals surface area contributed by atoms with E-state index >= 15 is 0 Å². The van der Waals surface area contributed by atoms with E-state index in [9.17, 15) is 9.59 Å². The number of hydrogen-bond donors (Lipinski definition) is 0. The number of allylic oxidation sites excluding steroid dienone is 1. The standard InChI is InChI=1S/C29H25ClN2O6S/c1-5-37-28(34)25-16(2)31-29-32(26(25)18-8-12-22(35-3)23(14-18)36-4)27(33)24(39-29)15-20-11-13-21(38-20)17-6-9-19(30)10-7-17/h6-15,26H,5H2,1-4H3/b24-15-. The average Bonchev–Trinajstić information content (AvgIpc) is 3.52. The van der Waals surface area contributed by atoms with Crippen LogP contribution in [-0.4, -0.2) is 31.4 Å². The molecule has 8 nitrogen and oxygen atoms in total. The largest absolute Gasteiger partial charge is 0.493 e. The van der Waals surface area contributed by atoms with Crippen molar-refractivity contribution in [1.82, 2.24) is 4.57 Å². The Kier molecular flexibility index (Phi) is 7.45. The summed E-state index contributed by atoms with van der Waals surface area (Å²) >= 11 is 7.22. The van der Waals surface area contributed by atoms with Gasteiger partial charge >= 0.3 is 5.97 Å². The van der Waals surface area contributed by atoms with E-state index in [-0.39, 0.29) is 17.7 Å². The minimum Gasteiger partial charge on any atom is -0.493 e. The lowest BCUT2D eigenvalue weighted by Gasteiger charge is -2.25. The molecule has 4 aromatic rings. The van der Waals surface area contributed by atoms with Gasteiger partial charge in [-0.2, -0.15) is 0 Å². The van der Waals surface area contributed by atoms with Crippen LogP contribution in [-0.2, 0) is 9.53 Å². The van der Waals surface area contributed by atoms with E-state index in [1.807, 2.05) is 18.2 Å². The van der Waals surface area contributed by atoms with Crippen molar-refractivity contribution in [2.45, 2.75) is 19.9 Å². The van der Waals surface area contributed by atoms with Crippen molar-refractivity contribution in [1.29, 1.82) is 0 Å². The van der Waals surface area contributed by atoms with Crippen LogP contribution in [0.4, 0.5) is 0 Å². The van der Waals surface area contributed by atoms with Gasteiger partial charge in [0.1, 0.15) is 11.5 Å². The summed E-state index contributed by atoms with van der Waals surface area (Å²) in [6, 6.07) is 15.4. The number of carbonyl (C=O) groups excluding carboxylic acids is 1. The zero-order valence-electron chi connectivity index (χ0n) is 21.7. The third-order valence-electron chi connectivity index (χ3n) is 6.27. The van der Waals surface area contributed by atoms with E-state index in [0.29, 0.717) is 48.6 Å². The van der Waals surface area contributed by atoms with Crippen LogP contribution in [0.2, 0.25) is 5.02 Å². The number of fused-ring (bicyclic) bond motifs is 1. The molecular weight excluding hydrogens is 540 g/mol. The minimum atomic E-state index is -0.775. The average molecular weight is 565 g/mol. The first-order valence-corrected chi connectivity index (χ1v) is 13.3. The zero-order chi connectivity index (χ0) is 27.7. The molecule has 0 N–H and O–H groups in total. The molecule has 200 valence electrons. The fourth-order valence-corrected chi connectivity index (χ4v) is 5.61. The van der Waals surface area contributed by atoms with Gasteiger partial charge in [-0.25, -0.2) is 9.79 Å². The van der Waals surface area contributed by atoms with Gasteiger partial charge in [-0.15, -0.1) is 0 Å². The maximum Gasteiger partial charge on any atom is 0.338 e. The van der Waals surface area contributed by atoms with E-state index in [2.05, 4.69) is 4.99 Å². The molecule has 1 atom stereocenters. The molecule has 2 aromatic carbocycles. The lowest BCUT2D eigenvalue weighted by molar-refractivity contribution is -0.139. The van der Waals surface area contributed by atoms with E-state index in [1.165, 1.54) is 23.0 Å². The molecule has 1 aliphatic rings. The number of furan rings is 1. The van der Waals surface area contributed by atoms with Gasteiger partial charge in [-0.1, -0.05) is 29.0 Å². The second-order valence-electron chi connectivity index (χ2n) is 8.63. The van der Waals surface area contributed by atoms with Gasteiger partial charge in [0.05, 0.1) is 42.7 Å². The van der Waals surface area contributed by atoms with Crippen molar-refractivity contribution in [3.05, 3.63) is 102 Å². The maximum atomic E-state index is 13.8. The summed E-state index contributed by atoms with van der Waals surface area (Å²) in [5.74, 6) is 1.62. The SMILES string of the molecule is CCOC(=O)C1=C(C)N=c2s/c(=C\c3ccc(-c4ccc(Cl)cc4)o3)c(=O)n2C1c1ccc(OC)c(OC)c1. The third-order valence-corrected chi connectivity index (χ3v) is 7.50. The number of carbonyl (C=O) groups is 1. The predicted molar refractivity (Wildman–Crippen MR) is 149 cm³/mol. The van der Waals surface area contributed by atoms with Crippen molar-refractivity contribution < 1.29 is 23.4 Å². The number of benzene rings is 2. The first-order chi connectivity index (χ1) is 18.8. The topological polar surface area (TPSA) is 92.3 Å². The van der Waals surface area contributed by atoms with Gasteiger partial charge in [0.15, 0.2) is 16.3 Å². The van der Waals surface area contributed by atoms with E-state index in [0.717, 1.165) is 5.56 Å². The van der Waals surface area contributed by atoms with Gasteiger partial charge in [0.25, 0.3) is 5.56 Å². The van der Waals surface area contributed by atoms with Crippen molar-refractivity contribution in [3.63, 3.8) is 0 Å². The predicted octanol–water partition coefficient (Wildman–Crippen LogP) is 4.73. The number of nitrogens with zero attached hydrogens (tertiary/aromatic N) is 2. The van der Waals surface area contributed by atoms with E-state index in [4.69, 9.17) is 30.2 Å². The number of methoxy groups -OCH3 is 2. The van der Waals surface area contributed by atoms with Crippen LogP contribution in [0.3, 0.4) is 0 Å². The Balaban J connectivity index is 1.65. The maximum absolute atomic E-state index is 13.8. The van der Waals surface area contributed by atoms with Crippen LogP contribution in [0.5, 0.6) is 11.5 Å². The Morgan fingerprint density at radius 2 is 1.85 bits per heavy atom. The van der Waals surface area contributed by atoms with Crippen LogP contribution in [0.25, 0.3) is 17.4 Å². The molecular formula is C29H25ClN2O6S. The van der Waals surface area contributed by atoms with E-state index < -0.39 is 12.0 Å². The molecule has 0 aliphatic carbocycles. The van der Waals surface area contributed by atoms with Crippen LogP contribution < -0.4 is 24.4 Å². The lowest BCUT2D eigenvalue weighted by Crippen LogP contribution is -2.39. The number of ether oxygens (including phenoxy) is 3. The number of aromatic nitrogens is 1. The first-order valence-electron chi connectivity index (χ1n) is 12.1. The van der Waals surface area contributed by atoms with Gasteiger partial charge in [-0.3, -0.25) is 9.36 Å². The number of halogens is 1. The summed E-state index contributed by atoms with van der Waals surface area (Å²) < 4.78 is 24.2. The number of esters is 1. The molecule has 0 spiro atoms. The quantitative estimate of drug-likeness (QED) is 0.301. The summed E-state index contributed by atoms with van der Waals surface area (Å²) in [4.78, 5) is 32.0. The number of thiazole rings is 1. The highest BCUT2D eigenvalue weighted by Crippen LogP contribution is 2.36. The molecule has 0 fully saturated rings. The second-order valence-corrected chi connectivity index (χ2v) is 10.1. The van der Waals surface area contributed by atoms with Gasteiger partial charge in [0.2, 0.25) is 0 Å². The summed E-state index contributed by atoms with van der Waals surface area (Å²) in [5, 5.41) is 0.633. The summed E-state index contributed by atoms with van der Waals surface area (Å²) in [6.45, 7) is 3.66. The zero-order valence-corrected chi connectivity index (χ0v) is 23.3. The summed E-state index contributed by atoms with van der Waals surface area (Å²) in [7, 11) is 3.07. The highest BCUT2D eigenvalue weighted by atomic mass is 35.5. The number of rotatable bonds is 7. The molecule has 5 rings (SSSR count). The third kappa shape index (κ3) is 5.03. The molecule has 0 saturated carbocycles. The normalized spacial score (nSPS) is 15.1. The van der Waals surface area contributed by atoms with Crippen LogP contribution in [0, 0.1) is 0 Å². The van der Waals surface area contributed by atoms with Crippen molar-refractivity contribution in [2.24, 2.45) is 4.99 Å². The second kappa shape index (κ2) is 11.0. The van der Waals surface area contributed by atoms with Crippen LogP contribution in [0.1, 0.15) is 31.2 Å². The van der Waals surface area contributed by atoms with Crippen molar-refractivity contribution in [2.75, 3.05) is 20.8 Å². The molecule has 3 heterocycles. The van der Waals surface area contributed by atoms with Gasteiger partial charge < -0.3 is 18.6 Å². The molecule has 10 heteroatoms. The lowest BCUT2D eigenvalue weighted by atomic mass is 9.95. The molecule has 1 aliphatic heterocycles. The van der Waals surface area contributed by atoms with Crippen molar-refractivity contribution in [3.8, 4) is 22.8 Å². The molecule has 0 bridgehead atoms. The highest BCUT2D eigenvalue weighted by molar-refractivity contribution is 7.07. The fourth-order valence-electron chi connectivity index (χ4n) is 4.46. The first kappa shape index (κ1) is 26.5. The molecule has 2 aromatic heterocycles. The Labute approximate surface area is 233 Å². The van der Waals surface area contributed by atoms with E-state index in [1.54, 1.807) is 63.4 Å². The van der Waals surface area contributed by atoms with Crippen molar-refractivity contribution >= 4 is 35.0 Å². The molecule has 0 amide bonds. The number of hydrogen-bond acceptors (Lipinski definition) is 8. The Hall–Kier alpha value is -4.08. The fraction of sp³-hybridized carbons (Fsp3) is 0.207. The Morgan fingerprint density at radius 3 is 2.54 bits per heavy atom. The molecule has 0 saturated heterocycles. The highest BCUT2D eigenvalue weighted by Gasteiger charge is 2.34. The van der Waals surface area contributed by atoms with Crippen LogP contribution in [0.15, 0.2) is 80.1 Å². The summed E-state index contributed by atoms with van der Waals surface area (Å²) in [5.41, 5.74) is 1.97. The monoisotopic (exact) mass is 564 g/mol. The minimum absolute atomic E-state index is 0.188. The van der Waals surface area contributed by atoms with Gasteiger partial charge in [-0.05, 0) is 67.9 Å². The smallest absolute Gasteiger partial charge is 0.338 e. The molecule has 39 heavy (non-hydrogen) atoms. The Morgan fingerprint density at radius 1 is 1.10 bits per heavy atom. The molecule has 0 radical (unpaired) electrons. The van der Waals surface area contributed by atoms with Crippen LogP contribution >= 0.6 is 22.9 Å². The molecule has 1 unspecified atom stereocenters. The summed E-state index contributed by atoms with van der Waals surface area (Å²) in [6.07, 6.45) is 1.68.